The molecule has 0 atom stereocenters. The van der Waals surface area contributed by atoms with E-state index < -0.39 is 10.9 Å². The number of hydrogen-bond acceptors (Lipinski definition) is 10. The Labute approximate surface area is 182 Å². The van der Waals surface area contributed by atoms with Gasteiger partial charge in [0, 0.05) is 10.6 Å². The van der Waals surface area contributed by atoms with Gasteiger partial charge in [0.25, 0.3) is 0 Å². The number of ether oxygens (including phenoxy) is 1. The first-order chi connectivity index (χ1) is 14.7. The number of hydrogen-bond donors (Lipinski definition) is 2. The monoisotopic (exact) mass is 442 g/mol. The lowest BCUT2D eigenvalue weighted by atomic mass is 10.2. The Kier molecular flexibility index (Phi) is 6.75. The maximum absolute atomic E-state index is 12.0. The molecule has 0 radical (unpaired) electrons. The number of carbonyl (C=O) groups is 1. The minimum Gasteiger partial charge on any atom is -0.462 e. The summed E-state index contributed by atoms with van der Waals surface area (Å²) >= 11 is 1.38. The van der Waals surface area contributed by atoms with E-state index in [1.807, 2.05) is 27.7 Å². The van der Waals surface area contributed by atoms with E-state index in [1.165, 1.54) is 17.7 Å². The first-order valence-corrected chi connectivity index (χ1v) is 10.3. The molecule has 3 aromatic rings. The second-order valence-corrected chi connectivity index (χ2v) is 8.36. The third-order valence-electron chi connectivity index (χ3n) is 4.19. The van der Waals surface area contributed by atoms with Crippen LogP contribution in [0.5, 0.6) is 0 Å². The maximum Gasteiger partial charge on any atom is 0.353 e. The number of carbonyl (C=O) groups excluding carboxylic acids is 1. The number of thiazole rings is 1. The van der Waals surface area contributed by atoms with Crippen LogP contribution in [-0.2, 0) is 4.74 Å². The SMILES string of the molecule is Cc1nc(Nc2ncnc(Nc3ccc(C(=O)OCC(C)C)cc3)c2[N+](=O)[O-])sc1C. The average Bonchev–Trinajstić information content (AvgIpc) is 3.03. The lowest BCUT2D eigenvalue weighted by Crippen LogP contribution is -2.10. The molecule has 0 saturated carbocycles. The molecule has 0 amide bonds. The van der Waals surface area contributed by atoms with Crippen LogP contribution in [0.3, 0.4) is 0 Å². The number of benzene rings is 1. The van der Waals surface area contributed by atoms with Crippen LogP contribution in [0.25, 0.3) is 0 Å². The van der Waals surface area contributed by atoms with Crippen LogP contribution in [-0.4, -0.2) is 32.5 Å². The summed E-state index contributed by atoms with van der Waals surface area (Å²) in [5.74, 6) is -0.134. The molecule has 10 nitrogen and oxygen atoms in total. The Balaban J connectivity index is 1.81. The van der Waals surface area contributed by atoms with Gasteiger partial charge in [0.05, 0.1) is 22.8 Å². The van der Waals surface area contributed by atoms with Gasteiger partial charge in [-0.15, -0.1) is 11.3 Å². The van der Waals surface area contributed by atoms with Crippen molar-refractivity contribution in [3.8, 4) is 0 Å². The first-order valence-electron chi connectivity index (χ1n) is 9.49. The predicted molar refractivity (Wildman–Crippen MR) is 118 cm³/mol. The summed E-state index contributed by atoms with van der Waals surface area (Å²) < 4.78 is 5.20. The zero-order valence-corrected chi connectivity index (χ0v) is 18.3. The molecule has 0 aliphatic heterocycles. The summed E-state index contributed by atoms with van der Waals surface area (Å²) in [5, 5.41) is 18.1. The lowest BCUT2D eigenvalue weighted by Gasteiger charge is -2.10. The minimum absolute atomic E-state index is 0.0163. The average molecular weight is 443 g/mol. The fraction of sp³-hybridized carbons (Fsp3) is 0.300. The van der Waals surface area contributed by atoms with Gasteiger partial charge in [-0.1, -0.05) is 13.8 Å². The van der Waals surface area contributed by atoms with Crippen molar-refractivity contribution in [3.63, 3.8) is 0 Å². The fourth-order valence-corrected chi connectivity index (χ4v) is 3.33. The van der Waals surface area contributed by atoms with Gasteiger partial charge < -0.3 is 15.4 Å². The van der Waals surface area contributed by atoms with Gasteiger partial charge in [0.15, 0.2) is 5.13 Å². The van der Waals surface area contributed by atoms with Gasteiger partial charge in [0.2, 0.25) is 11.6 Å². The molecular weight excluding hydrogens is 420 g/mol. The summed E-state index contributed by atoms with van der Waals surface area (Å²) in [6.07, 6.45) is 1.22. The molecule has 11 heteroatoms. The van der Waals surface area contributed by atoms with E-state index in [2.05, 4.69) is 25.6 Å². The van der Waals surface area contributed by atoms with Crippen LogP contribution in [0.15, 0.2) is 30.6 Å². The number of nitrogens with one attached hydrogen (secondary N) is 2. The van der Waals surface area contributed by atoms with E-state index in [4.69, 9.17) is 4.74 Å². The van der Waals surface area contributed by atoms with Gasteiger partial charge in [0.1, 0.15) is 6.33 Å². The number of aryl methyl sites for hydroxylation is 2. The van der Waals surface area contributed by atoms with Gasteiger partial charge in [-0.05, 0) is 44.0 Å². The zero-order chi connectivity index (χ0) is 22.5. The van der Waals surface area contributed by atoms with Crippen LogP contribution < -0.4 is 10.6 Å². The van der Waals surface area contributed by atoms with Crippen molar-refractivity contribution in [2.24, 2.45) is 5.92 Å². The fourth-order valence-electron chi connectivity index (χ4n) is 2.51. The number of nitrogens with zero attached hydrogens (tertiary/aromatic N) is 4. The van der Waals surface area contributed by atoms with Crippen LogP contribution in [0.1, 0.15) is 34.8 Å². The quantitative estimate of drug-likeness (QED) is 0.288. The molecule has 0 saturated heterocycles. The molecule has 3 rings (SSSR count). The highest BCUT2D eigenvalue weighted by atomic mass is 32.1. The largest absolute Gasteiger partial charge is 0.462 e. The topological polar surface area (TPSA) is 132 Å². The van der Waals surface area contributed by atoms with Crippen molar-refractivity contribution < 1.29 is 14.5 Å². The molecule has 0 spiro atoms. The predicted octanol–water partition coefficient (Wildman–Crippen LogP) is 4.76. The third kappa shape index (κ3) is 5.51. The number of anilines is 4. The number of esters is 1. The standard InChI is InChI=1S/C20H22N6O4S/c1-11(2)9-30-19(27)14-5-7-15(8-6-14)24-17-16(26(28)29)18(22-10-21-17)25-20-23-12(3)13(4)31-20/h5-8,10-11H,9H2,1-4H3,(H2,21,22,23,24,25). The van der Waals surface area contributed by atoms with Crippen molar-refractivity contribution in [1.82, 2.24) is 15.0 Å². The van der Waals surface area contributed by atoms with Crippen LogP contribution in [0.4, 0.5) is 28.1 Å². The lowest BCUT2D eigenvalue weighted by molar-refractivity contribution is -0.383. The normalized spacial score (nSPS) is 10.7. The van der Waals surface area contributed by atoms with Crippen LogP contribution in [0, 0.1) is 29.9 Å². The van der Waals surface area contributed by atoms with Crippen LogP contribution >= 0.6 is 11.3 Å². The van der Waals surface area contributed by atoms with Crippen LogP contribution in [0.2, 0.25) is 0 Å². The molecule has 2 N–H and O–H groups in total. The Bertz CT molecular complexity index is 1080. The zero-order valence-electron chi connectivity index (χ0n) is 17.5. The van der Waals surface area contributed by atoms with Gasteiger partial charge >= 0.3 is 11.7 Å². The summed E-state index contributed by atoms with van der Waals surface area (Å²) in [7, 11) is 0. The number of aromatic nitrogens is 3. The molecule has 0 aliphatic rings. The molecule has 0 bridgehead atoms. The Morgan fingerprint density at radius 2 is 1.81 bits per heavy atom. The molecular formula is C20H22N6O4S. The third-order valence-corrected chi connectivity index (χ3v) is 5.18. The Hall–Kier alpha value is -3.60. The van der Waals surface area contributed by atoms with Crippen molar-refractivity contribution in [3.05, 3.63) is 56.8 Å². The van der Waals surface area contributed by atoms with Crippen molar-refractivity contribution in [2.75, 3.05) is 17.2 Å². The summed E-state index contributed by atoms with van der Waals surface area (Å²) in [4.78, 5) is 36.6. The van der Waals surface area contributed by atoms with E-state index in [1.54, 1.807) is 24.3 Å². The summed E-state index contributed by atoms with van der Waals surface area (Å²) in [6.45, 7) is 8.02. The second kappa shape index (κ2) is 9.47. The first kappa shape index (κ1) is 22.1. The molecule has 0 aliphatic carbocycles. The van der Waals surface area contributed by atoms with E-state index >= 15 is 0 Å². The summed E-state index contributed by atoms with van der Waals surface area (Å²) in [5.41, 5.74) is 1.44. The smallest absolute Gasteiger partial charge is 0.353 e. The Morgan fingerprint density at radius 3 is 2.35 bits per heavy atom. The highest BCUT2D eigenvalue weighted by Crippen LogP contribution is 2.34. The molecule has 31 heavy (non-hydrogen) atoms. The van der Waals surface area contributed by atoms with E-state index in [9.17, 15) is 14.9 Å². The molecule has 0 fully saturated rings. The second-order valence-electron chi connectivity index (χ2n) is 7.16. The highest BCUT2D eigenvalue weighted by Gasteiger charge is 2.24. The molecule has 1 aromatic carbocycles. The van der Waals surface area contributed by atoms with Crippen molar-refractivity contribution in [2.45, 2.75) is 27.7 Å². The van der Waals surface area contributed by atoms with E-state index in [-0.39, 0.29) is 23.2 Å². The highest BCUT2D eigenvalue weighted by molar-refractivity contribution is 7.15. The Morgan fingerprint density at radius 1 is 1.16 bits per heavy atom. The van der Waals surface area contributed by atoms with Gasteiger partial charge in [-0.3, -0.25) is 10.1 Å². The van der Waals surface area contributed by atoms with Crippen molar-refractivity contribution in [1.29, 1.82) is 0 Å². The molecule has 162 valence electrons. The summed E-state index contributed by atoms with van der Waals surface area (Å²) in [6, 6.07) is 6.41. The molecule has 2 heterocycles. The number of nitro groups is 1. The molecule has 0 unspecified atom stereocenters. The van der Waals surface area contributed by atoms with Crippen molar-refractivity contribution >= 4 is 45.4 Å². The van der Waals surface area contributed by atoms with Gasteiger partial charge in [-0.2, -0.15) is 0 Å². The molecule has 2 aromatic heterocycles. The maximum atomic E-state index is 12.0. The minimum atomic E-state index is -0.560. The van der Waals surface area contributed by atoms with E-state index in [0.29, 0.717) is 23.0 Å². The van der Waals surface area contributed by atoms with Gasteiger partial charge in [-0.25, -0.2) is 19.7 Å². The number of rotatable bonds is 8. The van der Waals surface area contributed by atoms with E-state index in [0.717, 1.165) is 10.6 Å².